The third kappa shape index (κ3) is 2.65. The molecule has 2 N–H and O–H groups in total. The third-order valence-electron chi connectivity index (χ3n) is 3.10. The van der Waals surface area contributed by atoms with Gasteiger partial charge in [0.05, 0.1) is 5.92 Å². The molecule has 1 aliphatic carbocycles. The number of alkyl halides is 2. The molecular formula is C10H16F2N2O. The fraction of sp³-hybridized carbons (Fsp3) is 0.900. The lowest BCUT2D eigenvalue weighted by Crippen LogP contribution is -2.53. The minimum atomic E-state index is -2.55. The Morgan fingerprint density at radius 3 is 2.67 bits per heavy atom. The van der Waals surface area contributed by atoms with Gasteiger partial charge in [0.1, 0.15) is 0 Å². The fourth-order valence-corrected chi connectivity index (χ4v) is 2.16. The predicted octanol–water partition coefficient (Wildman–Crippen LogP) is 0.900. The lowest BCUT2D eigenvalue weighted by atomic mass is 9.87. The van der Waals surface area contributed by atoms with Crippen molar-refractivity contribution in [2.24, 2.45) is 5.92 Å². The molecule has 2 rings (SSSR count). The molecule has 1 saturated heterocycles. The van der Waals surface area contributed by atoms with E-state index in [0.29, 0.717) is 6.54 Å². The highest BCUT2D eigenvalue weighted by Gasteiger charge is 2.46. The molecule has 0 aromatic carbocycles. The predicted molar refractivity (Wildman–Crippen MR) is 51.7 cm³/mol. The second-order valence-corrected chi connectivity index (χ2v) is 4.51. The van der Waals surface area contributed by atoms with E-state index < -0.39 is 5.92 Å². The lowest BCUT2D eigenvalue weighted by molar-refractivity contribution is -0.133. The molecule has 1 aliphatic heterocycles. The summed E-state index contributed by atoms with van der Waals surface area (Å²) in [7, 11) is 0. The summed E-state index contributed by atoms with van der Waals surface area (Å²) in [6.45, 7) is 1.63. The maximum atomic E-state index is 12.5. The van der Waals surface area contributed by atoms with E-state index in [1.165, 1.54) is 0 Å². The number of piperidine rings is 1. The monoisotopic (exact) mass is 218 g/mol. The van der Waals surface area contributed by atoms with Crippen LogP contribution in [0.3, 0.4) is 0 Å². The molecule has 1 atom stereocenters. The SMILES string of the molecule is O=C(NC1CC(F)(F)C1)C1CCCNC1. The first-order valence-electron chi connectivity index (χ1n) is 5.46. The zero-order valence-corrected chi connectivity index (χ0v) is 8.56. The van der Waals surface area contributed by atoms with Crippen LogP contribution >= 0.6 is 0 Å². The molecule has 86 valence electrons. The Kier molecular flexibility index (Phi) is 2.91. The Hall–Kier alpha value is -0.710. The first kappa shape index (κ1) is 10.8. The molecule has 15 heavy (non-hydrogen) atoms. The van der Waals surface area contributed by atoms with Gasteiger partial charge in [-0.3, -0.25) is 4.79 Å². The summed E-state index contributed by atoms with van der Waals surface area (Å²) in [5.41, 5.74) is 0. The van der Waals surface area contributed by atoms with Crippen molar-refractivity contribution < 1.29 is 13.6 Å². The van der Waals surface area contributed by atoms with Crippen molar-refractivity contribution in [2.75, 3.05) is 13.1 Å². The second kappa shape index (κ2) is 4.04. The molecule has 0 aromatic heterocycles. The van der Waals surface area contributed by atoms with Crippen LogP contribution in [0.4, 0.5) is 8.78 Å². The van der Waals surface area contributed by atoms with Gasteiger partial charge >= 0.3 is 0 Å². The standard InChI is InChI=1S/C10H16F2N2O/c11-10(12)4-8(5-10)14-9(15)7-2-1-3-13-6-7/h7-8,13H,1-6H2,(H,14,15). The first-order valence-corrected chi connectivity index (χ1v) is 5.46. The number of halogens is 2. The minimum Gasteiger partial charge on any atom is -0.353 e. The molecule has 1 amide bonds. The highest BCUT2D eigenvalue weighted by Crippen LogP contribution is 2.37. The largest absolute Gasteiger partial charge is 0.353 e. The van der Waals surface area contributed by atoms with Crippen LogP contribution in [-0.4, -0.2) is 31.0 Å². The van der Waals surface area contributed by atoms with E-state index in [0.717, 1.165) is 19.4 Å². The van der Waals surface area contributed by atoms with Gasteiger partial charge in [0.15, 0.2) is 0 Å². The van der Waals surface area contributed by atoms with Gasteiger partial charge in [-0.25, -0.2) is 8.78 Å². The zero-order chi connectivity index (χ0) is 10.9. The maximum Gasteiger partial charge on any atom is 0.252 e. The van der Waals surface area contributed by atoms with E-state index >= 15 is 0 Å². The van der Waals surface area contributed by atoms with E-state index in [9.17, 15) is 13.6 Å². The normalized spacial score (nSPS) is 30.7. The lowest BCUT2D eigenvalue weighted by Gasteiger charge is -2.36. The number of rotatable bonds is 2. The molecule has 0 aromatic rings. The minimum absolute atomic E-state index is 0.0343. The van der Waals surface area contributed by atoms with Crippen LogP contribution in [0.5, 0.6) is 0 Å². The fourth-order valence-electron chi connectivity index (χ4n) is 2.16. The molecule has 0 radical (unpaired) electrons. The molecule has 5 heteroatoms. The number of carbonyl (C=O) groups excluding carboxylic acids is 1. The van der Waals surface area contributed by atoms with Crippen LogP contribution < -0.4 is 10.6 Å². The Labute approximate surface area is 87.6 Å². The summed E-state index contributed by atoms with van der Waals surface area (Å²) in [5.74, 6) is -2.65. The van der Waals surface area contributed by atoms with Crippen LogP contribution in [0.2, 0.25) is 0 Å². The molecule has 1 unspecified atom stereocenters. The van der Waals surface area contributed by atoms with Crippen LogP contribution in [0.1, 0.15) is 25.7 Å². The van der Waals surface area contributed by atoms with Crippen LogP contribution in [-0.2, 0) is 4.79 Å². The van der Waals surface area contributed by atoms with Crippen LogP contribution in [0.15, 0.2) is 0 Å². The van der Waals surface area contributed by atoms with Crippen molar-refractivity contribution in [3.63, 3.8) is 0 Å². The third-order valence-corrected chi connectivity index (χ3v) is 3.10. The Bertz CT molecular complexity index is 244. The summed E-state index contributed by atoms with van der Waals surface area (Å²) >= 11 is 0. The van der Waals surface area contributed by atoms with Gasteiger partial charge in [0.2, 0.25) is 5.91 Å². The highest BCUT2D eigenvalue weighted by molar-refractivity contribution is 5.79. The molecule has 0 spiro atoms. The van der Waals surface area contributed by atoms with E-state index in [2.05, 4.69) is 10.6 Å². The van der Waals surface area contributed by atoms with Gasteiger partial charge in [-0.15, -0.1) is 0 Å². The molecule has 0 bridgehead atoms. The van der Waals surface area contributed by atoms with Crippen molar-refractivity contribution in [1.82, 2.24) is 10.6 Å². The summed E-state index contributed by atoms with van der Waals surface area (Å²) in [6.07, 6.45) is 1.46. The van der Waals surface area contributed by atoms with E-state index in [4.69, 9.17) is 0 Å². The van der Waals surface area contributed by atoms with E-state index in [1.807, 2.05) is 0 Å². The van der Waals surface area contributed by atoms with Crippen molar-refractivity contribution >= 4 is 5.91 Å². The Balaban J connectivity index is 1.73. The second-order valence-electron chi connectivity index (χ2n) is 4.51. The zero-order valence-electron chi connectivity index (χ0n) is 8.56. The van der Waals surface area contributed by atoms with Gasteiger partial charge in [0.25, 0.3) is 5.92 Å². The molecule has 1 saturated carbocycles. The summed E-state index contributed by atoms with van der Waals surface area (Å²) < 4.78 is 25.0. The van der Waals surface area contributed by atoms with Gasteiger partial charge in [-0.05, 0) is 19.4 Å². The number of hydrogen-bond acceptors (Lipinski definition) is 2. The first-order chi connectivity index (χ1) is 7.07. The van der Waals surface area contributed by atoms with Gasteiger partial charge < -0.3 is 10.6 Å². The smallest absolute Gasteiger partial charge is 0.252 e. The Morgan fingerprint density at radius 2 is 2.13 bits per heavy atom. The van der Waals surface area contributed by atoms with Crippen molar-refractivity contribution in [2.45, 2.75) is 37.6 Å². The van der Waals surface area contributed by atoms with Gasteiger partial charge in [-0.1, -0.05) is 0 Å². The van der Waals surface area contributed by atoms with Crippen molar-refractivity contribution in [3.8, 4) is 0 Å². The average molecular weight is 218 g/mol. The van der Waals surface area contributed by atoms with Crippen LogP contribution in [0, 0.1) is 5.92 Å². The highest BCUT2D eigenvalue weighted by atomic mass is 19.3. The van der Waals surface area contributed by atoms with Crippen molar-refractivity contribution in [3.05, 3.63) is 0 Å². The summed E-state index contributed by atoms with van der Waals surface area (Å²) in [6, 6.07) is -0.311. The molecule has 3 nitrogen and oxygen atoms in total. The number of carbonyl (C=O) groups is 1. The molecule has 2 aliphatic rings. The summed E-state index contributed by atoms with van der Waals surface area (Å²) in [5, 5.41) is 5.82. The maximum absolute atomic E-state index is 12.5. The topological polar surface area (TPSA) is 41.1 Å². The van der Waals surface area contributed by atoms with E-state index in [-0.39, 0.29) is 30.7 Å². The number of amides is 1. The summed E-state index contributed by atoms with van der Waals surface area (Å²) in [4.78, 5) is 11.6. The van der Waals surface area contributed by atoms with E-state index in [1.54, 1.807) is 0 Å². The number of hydrogen-bond donors (Lipinski definition) is 2. The van der Waals surface area contributed by atoms with Gasteiger partial charge in [-0.2, -0.15) is 0 Å². The van der Waals surface area contributed by atoms with Crippen LogP contribution in [0.25, 0.3) is 0 Å². The molecule has 1 heterocycles. The molecule has 2 fully saturated rings. The Morgan fingerprint density at radius 1 is 1.40 bits per heavy atom. The molecular weight excluding hydrogens is 202 g/mol. The number of nitrogens with one attached hydrogen (secondary N) is 2. The average Bonchev–Trinajstić information content (AvgIpc) is 2.16. The quantitative estimate of drug-likeness (QED) is 0.723. The van der Waals surface area contributed by atoms with Crippen molar-refractivity contribution in [1.29, 1.82) is 0 Å². The van der Waals surface area contributed by atoms with Gasteiger partial charge in [0, 0.05) is 25.4 Å².